The molecule has 7 heteroatoms. The molecule has 1 N–H and O–H groups in total. The van der Waals surface area contributed by atoms with Gasteiger partial charge in [0.2, 0.25) is 0 Å². The topological polar surface area (TPSA) is 62.1 Å². The molecule has 0 bridgehead atoms. The van der Waals surface area contributed by atoms with E-state index in [9.17, 15) is 13.6 Å². The van der Waals surface area contributed by atoms with Crippen molar-refractivity contribution in [3.63, 3.8) is 0 Å². The number of piperidine rings is 1. The van der Waals surface area contributed by atoms with Gasteiger partial charge >= 0.3 is 0 Å². The summed E-state index contributed by atoms with van der Waals surface area (Å²) in [5.74, 6) is -0.356. The molecule has 0 aliphatic carbocycles. The van der Waals surface area contributed by atoms with Crippen LogP contribution in [0.2, 0.25) is 0 Å². The first-order chi connectivity index (χ1) is 12.6. The van der Waals surface area contributed by atoms with E-state index in [-0.39, 0.29) is 23.5 Å². The van der Waals surface area contributed by atoms with Crippen LogP contribution in [-0.2, 0) is 0 Å². The molecule has 0 radical (unpaired) electrons. The summed E-state index contributed by atoms with van der Waals surface area (Å²) in [6.45, 7) is 1.12. The van der Waals surface area contributed by atoms with Gasteiger partial charge in [0, 0.05) is 30.9 Å². The van der Waals surface area contributed by atoms with Crippen LogP contribution in [0.4, 0.5) is 8.78 Å². The second-order valence-corrected chi connectivity index (χ2v) is 6.40. The number of hydrogen-bond acceptors (Lipinski definition) is 3. The number of oxazole rings is 1. The van der Waals surface area contributed by atoms with Gasteiger partial charge in [-0.15, -0.1) is 0 Å². The van der Waals surface area contributed by atoms with Crippen molar-refractivity contribution in [2.45, 2.75) is 18.8 Å². The van der Waals surface area contributed by atoms with Gasteiger partial charge in [0.1, 0.15) is 23.6 Å². The lowest BCUT2D eigenvalue weighted by atomic mass is 9.97. The monoisotopic (exact) mass is 357 g/mol. The molecule has 134 valence electrons. The highest BCUT2D eigenvalue weighted by Gasteiger charge is 2.28. The zero-order valence-corrected chi connectivity index (χ0v) is 13.9. The Morgan fingerprint density at radius 3 is 2.77 bits per heavy atom. The Bertz CT molecular complexity index is 917. The Morgan fingerprint density at radius 2 is 2.04 bits per heavy atom. The van der Waals surface area contributed by atoms with Gasteiger partial charge in [-0.3, -0.25) is 4.79 Å². The number of H-pyrrole nitrogens is 1. The molecule has 0 spiro atoms. The maximum atomic E-state index is 13.1. The predicted octanol–water partition coefficient (Wildman–Crippen LogP) is 3.97. The fourth-order valence-corrected chi connectivity index (χ4v) is 3.25. The van der Waals surface area contributed by atoms with Crippen molar-refractivity contribution in [2.24, 2.45) is 0 Å². The first kappa shape index (κ1) is 16.5. The Morgan fingerprint density at radius 1 is 1.23 bits per heavy atom. The number of carbonyl (C=O) groups is 1. The van der Waals surface area contributed by atoms with Crippen molar-refractivity contribution in [2.75, 3.05) is 13.1 Å². The first-order valence-electron chi connectivity index (χ1n) is 8.45. The summed E-state index contributed by atoms with van der Waals surface area (Å²) >= 11 is 0. The van der Waals surface area contributed by atoms with Gasteiger partial charge in [0.25, 0.3) is 5.91 Å². The molecule has 1 unspecified atom stereocenters. The highest BCUT2D eigenvalue weighted by Crippen LogP contribution is 2.29. The summed E-state index contributed by atoms with van der Waals surface area (Å²) in [5, 5.41) is 0. The second-order valence-electron chi connectivity index (χ2n) is 6.40. The van der Waals surface area contributed by atoms with E-state index in [0.29, 0.717) is 35.9 Å². The van der Waals surface area contributed by atoms with Gasteiger partial charge in [0.05, 0.1) is 11.6 Å². The van der Waals surface area contributed by atoms with Gasteiger partial charge in [-0.2, -0.15) is 0 Å². The first-order valence-corrected chi connectivity index (χ1v) is 8.45. The zero-order chi connectivity index (χ0) is 18.1. The summed E-state index contributed by atoms with van der Waals surface area (Å²) in [5.41, 5.74) is 1.54. The number of rotatable bonds is 3. The number of carbonyl (C=O) groups excluding carboxylic acids is 1. The van der Waals surface area contributed by atoms with E-state index < -0.39 is 0 Å². The van der Waals surface area contributed by atoms with Gasteiger partial charge in [-0.25, -0.2) is 13.8 Å². The number of likely N-dealkylation sites (tertiary alicyclic amines) is 1. The van der Waals surface area contributed by atoms with E-state index in [1.165, 1.54) is 42.8 Å². The lowest BCUT2D eigenvalue weighted by molar-refractivity contribution is 0.0698. The van der Waals surface area contributed by atoms with E-state index in [1.54, 1.807) is 4.90 Å². The molecule has 1 atom stereocenters. The lowest BCUT2D eigenvalue weighted by Gasteiger charge is -2.31. The van der Waals surface area contributed by atoms with E-state index >= 15 is 0 Å². The number of aromatic nitrogens is 2. The van der Waals surface area contributed by atoms with Crippen LogP contribution in [0, 0.1) is 11.6 Å². The molecular weight excluding hydrogens is 340 g/mol. The maximum Gasteiger partial charge on any atom is 0.253 e. The molecule has 1 aliphatic rings. The largest absolute Gasteiger partial charge is 0.448 e. The van der Waals surface area contributed by atoms with E-state index in [0.717, 1.165) is 12.8 Å². The van der Waals surface area contributed by atoms with E-state index in [2.05, 4.69) is 9.97 Å². The van der Waals surface area contributed by atoms with Crippen molar-refractivity contribution in [3.8, 4) is 11.4 Å². The molecule has 0 saturated carbocycles. The SMILES string of the molecule is O=C(c1ccc(F)cc1)N1CCCC(c2nc(-c3cc(F)c[nH]3)co2)C1. The number of halogens is 2. The fourth-order valence-electron chi connectivity index (χ4n) is 3.25. The number of benzene rings is 1. The average Bonchev–Trinajstić information content (AvgIpc) is 3.31. The van der Waals surface area contributed by atoms with Crippen LogP contribution in [0.15, 0.2) is 47.2 Å². The van der Waals surface area contributed by atoms with Crippen molar-refractivity contribution < 1.29 is 18.0 Å². The summed E-state index contributed by atoms with van der Waals surface area (Å²) in [4.78, 5) is 21.6. The van der Waals surface area contributed by atoms with Crippen LogP contribution in [0.3, 0.4) is 0 Å². The molecule has 1 aromatic carbocycles. The molecule has 1 aliphatic heterocycles. The Balaban J connectivity index is 1.49. The van der Waals surface area contributed by atoms with Crippen molar-refractivity contribution in [1.82, 2.24) is 14.9 Å². The van der Waals surface area contributed by atoms with Crippen LogP contribution >= 0.6 is 0 Å². The molecule has 2 aromatic heterocycles. The fraction of sp³-hybridized carbons (Fsp3) is 0.263. The van der Waals surface area contributed by atoms with Gasteiger partial charge in [-0.05, 0) is 37.1 Å². The van der Waals surface area contributed by atoms with Gasteiger partial charge in [0.15, 0.2) is 5.89 Å². The Hall–Kier alpha value is -2.96. The van der Waals surface area contributed by atoms with Crippen LogP contribution in [0.25, 0.3) is 11.4 Å². The van der Waals surface area contributed by atoms with E-state index in [4.69, 9.17) is 4.42 Å². The average molecular weight is 357 g/mol. The maximum absolute atomic E-state index is 13.1. The van der Waals surface area contributed by atoms with Crippen LogP contribution in [-0.4, -0.2) is 33.9 Å². The highest BCUT2D eigenvalue weighted by molar-refractivity contribution is 5.94. The molecule has 1 amide bonds. The number of aromatic amines is 1. The summed E-state index contributed by atoms with van der Waals surface area (Å²) in [7, 11) is 0. The third kappa shape index (κ3) is 3.24. The molecule has 5 nitrogen and oxygen atoms in total. The van der Waals surface area contributed by atoms with Crippen molar-refractivity contribution >= 4 is 5.91 Å². The second kappa shape index (κ2) is 6.74. The predicted molar refractivity (Wildman–Crippen MR) is 90.5 cm³/mol. The minimum absolute atomic E-state index is 0.0262. The minimum Gasteiger partial charge on any atom is -0.448 e. The molecule has 1 saturated heterocycles. The summed E-state index contributed by atoms with van der Waals surface area (Å²) in [6, 6.07) is 6.90. The molecule has 4 rings (SSSR count). The third-order valence-corrected chi connectivity index (χ3v) is 4.59. The molecule has 3 heterocycles. The van der Waals surface area contributed by atoms with E-state index in [1.807, 2.05) is 0 Å². The van der Waals surface area contributed by atoms with Crippen molar-refractivity contribution in [1.29, 1.82) is 0 Å². The highest BCUT2D eigenvalue weighted by atomic mass is 19.1. The smallest absolute Gasteiger partial charge is 0.253 e. The zero-order valence-electron chi connectivity index (χ0n) is 13.9. The minimum atomic E-state index is -0.369. The standard InChI is InChI=1S/C19H17F2N3O2/c20-14-5-3-12(4-6-14)19(25)24-7-1-2-13(10-24)18-23-17(11-26-18)16-8-15(21)9-22-16/h3-6,8-9,11,13,22H,1-2,7,10H2. The number of nitrogens with zero attached hydrogens (tertiary/aromatic N) is 2. The molecular formula is C19H17F2N3O2. The van der Waals surface area contributed by atoms with Gasteiger partial charge in [-0.1, -0.05) is 0 Å². The number of nitrogens with one attached hydrogen (secondary N) is 1. The quantitative estimate of drug-likeness (QED) is 0.772. The normalized spacial score (nSPS) is 17.5. The number of amides is 1. The van der Waals surface area contributed by atoms with Crippen LogP contribution < -0.4 is 0 Å². The summed E-state index contributed by atoms with van der Waals surface area (Å²) in [6.07, 6.45) is 4.42. The summed E-state index contributed by atoms with van der Waals surface area (Å²) < 4.78 is 31.8. The van der Waals surface area contributed by atoms with Crippen LogP contribution in [0.1, 0.15) is 35.0 Å². The Labute approximate surface area is 148 Å². The molecule has 26 heavy (non-hydrogen) atoms. The number of hydrogen-bond donors (Lipinski definition) is 1. The molecule has 1 fully saturated rings. The lowest BCUT2D eigenvalue weighted by Crippen LogP contribution is -2.39. The van der Waals surface area contributed by atoms with Gasteiger partial charge < -0.3 is 14.3 Å². The van der Waals surface area contributed by atoms with Crippen molar-refractivity contribution in [3.05, 3.63) is 65.9 Å². The molecule has 3 aromatic rings. The third-order valence-electron chi connectivity index (χ3n) is 4.59. The van der Waals surface area contributed by atoms with Crippen LogP contribution in [0.5, 0.6) is 0 Å². The Kier molecular flexibility index (Phi) is 4.28.